The number of ether oxygens (including phenoxy) is 1. The van der Waals surface area contributed by atoms with Crippen LogP contribution in [0.3, 0.4) is 0 Å². The smallest absolute Gasteiger partial charge is 0.316 e. The van der Waals surface area contributed by atoms with Crippen LogP contribution in [-0.2, 0) is 14.9 Å². The molecule has 0 saturated heterocycles. The molecule has 1 fully saturated rings. The van der Waals surface area contributed by atoms with Crippen molar-refractivity contribution in [1.82, 2.24) is 4.90 Å². The number of nitrogens with zero attached hydrogens (tertiary/aromatic N) is 1. The number of esters is 1. The first kappa shape index (κ1) is 16.0. The molecule has 1 saturated carbocycles. The van der Waals surface area contributed by atoms with E-state index in [9.17, 15) is 4.79 Å². The second-order valence-electron chi connectivity index (χ2n) is 5.82. The first-order valence-electron chi connectivity index (χ1n) is 8.18. The summed E-state index contributed by atoms with van der Waals surface area (Å²) in [6, 6.07) is 10.1. The molecule has 0 unspecified atom stereocenters. The number of carbonyl (C=O) groups is 1. The second kappa shape index (κ2) is 7.60. The molecule has 0 atom stereocenters. The Kier molecular flexibility index (Phi) is 5.80. The van der Waals surface area contributed by atoms with Crippen LogP contribution >= 0.6 is 0 Å². The molecule has 0 aromatic heterocycles. The molecule has 0 aliphatic heterocycles. The lowest BCUT2D eigenvalue weighted by Gasteiger charge is -2.39. The standard InChI is InChI=1S/C18H27NO2/c1-3-19(4-2)14-9-15-21-17(20)18(12-8-13-18)16-10-6-5-7-11-16/h5-7,10-11H,3-4,8-9,12-15H2,1-2H3. The molecule has 0 spiro atoms. The normalized spacial score (nSPS) is 16.5. The van der Waals surface area contributed by atoms with Gasteiger partial charge in [0.1, 0.15) is 0 Å². The van der Waals surface area contributed by atoms with Gasteiger partial charge in [0.15, 0.2) is 0 Å². The van der Waals surface area contributed by atoms with Crippen molar-refractivity contribution in [2.75, 3.05) is 26.2 Å². The van der Waals surface area contributed by atoms with Crippen molar-refractivity contribution in [3.63, 3.8) is 0 Å². The maximum absolute atomic E-state index is 12.5. The van der Waals surface area contributed by atoms with Crippen LogP contribution in [0.4, 0.5) is 0 Å². The first-order valence-corrected chi connectivity index (χ1v) is 8.18. The molecular weight excluding hydrogens is 262 g/mol. The Morgan fingerprint density at radius 3 is 2.38 bits per heavy atom. The Morgan fingerprint density at radius 1 is 1.19 bits per heavy atom. The third-order valence-electron chi connectivity index (χ3n) is 4.67. The molecule has 0 amide bonds. The zero-order chi connectivity index (χ0) is 15.1. The first-order chi connectivity index (χ1) is 10.2. The van der Waals surface area contributed by atoms with Crippen LogP contribution in [0, 0.1) is 0 Å². The van der Waals surface area contributed by atoms with E-state index < -0.39 is 0 Å². The molecule has 2 rings (SSSR count). The van der Waals surface area contributed by atoms with Gasteiger partial charge in [-0.2, -0.15) is 0 Å². The van der Waals surface area contributed by atoms with Crippen LogP contribution in [0.1, 0.15) is 45.1 Å². The van der Waals surface area contributed by atoms with Crippen molar-refractivity contribution in [2.45, 2.75) is 44.9 Å². The minimum Gasteiger partial charge on any atom is -0.465 e. The fourth-order valence-electron chi connectivity index (χ4n) is 3.03. The van der Waals surface area contributed by atoms with Crippen LogP contribution in [0.2, 0.25) is 0 Å². The summed E-state index contributed by atoms with van der Waals surface area (Å²) in [4.78, 5) is 14.8. The third kappa shape index (κ3) is 3.65. The quantitative estimate of drug-likeness (QED) is 0.543. The zero-order valence-corrected chi connectivity index (χ0v) is 13.3. The molecule has 0 heterocycles. The van der Waals surface area contributed by atoms with Gasteiger partial charge in [-0.1, -0.05) is 50.6 Å². The van der Waals surface area contributed by atoms with Crippen molar-refractivity contribution >= 4 is 5.97 Å². The van der Waals surface area contributed by atoms with E-state index >= 15 is 0 Å². The summed E-state index contributed by atoms with van der Waals surface area (Å²) in [5.41, 5.74) is 0.751. The summed E-state index contributed by atoms with van der Waals surface area (Å²) in [5, 5.41) is 0. The molecule has 1 aliphatic carbocycles. The van der Waals surface area contributed by atoms with Crippen molar-refractivity contribution in [1.29, 1.82) is 0 Å². The summed E-state index contributed by atoms with van der Waals surface area (Å²) < 4.78 is 5.58. The van der Waals surface area contributed by atoms with Gasteiger partial charge in [0.25, 0.3) is 0 Å². The highest BCUT2D eigenvalue weighted by Gasteiger charge is 2.46. The average Bonchev–Trinajstić information content (AvgIpc) is 2.47. The van der Waals surface area contributed by atoms with E-state index in [0.717, 1.165) is 50.9 Å². The van der Waals surface area contributed by atoms with Gasteiger partial charge in [-0.15, -0.1) is 0 Å². The highest BCUT2D eigenvalue weighted by molar-refractivity contribution is 5.84. The molecule has 0 bridgehead atoms. The molecule has 1 aliphatic rings. The maximum Gasteiger partial charge on any atom is 0.316 e. The minimum absolute atomic E-state index is 0.0282. The molecule has 116 valence electrons. The van der Waals surface area contributed by atoms with E-state index in [1.54, 1.807) is 0 Å². The lowest BCUT2D eigenvalue weighted by atomic mass is 9.64. The summed E-state index contributed by atoms with van der Waals surface area (Å²) >= 11 is 0. The van der Waals surface area contributed by atoms with Gasteiger partial charge in [0.05, 0.1) is 12.0 Å². The van der Waals surface area contributed by atoms with E-state index in [0.29, 0.717) is 6.61 Å². The van der Waals surface area contributed by atoms with Crippen molar-refractivity contribution in [3.05, 3.63) is 35.9 Å². The SMILES string of the molecule is CCN(CC)CCCOC(=O)C1(c2ccccc2)CCC1. The predicted molar refractivity (Wildman–Crippen MR) is 85.3 cm³/mol. The fourth-order valence-corrected chi connectivity index (χ4v) is 3.03. The molecule has 1 aromatic carbocycles. The van der Waals surface area contributed by atoms with E-state index in [1.165, 1.54) is 0 Å². The van der Waals surface area contributed by atoms with E-state index in [2.05, 4.69) is 30.9 Å². The Morgan fingerprint density at radius 2 is 1.86 bits per heavy atom. The summed E-state index contributed by atoms with van der Waals surface area (Å²) in [5.74, 6) is -0.0282. The van der Waals surface area contributed by atoms with Crippen LogP contribution in [-0.4, -0.2) is 37.1 Å². The average molecular weight is 289 g/mol. The van der Waals surface area contributed by atoms with Gasteiger partial charge in [0, 0.05) is 6.54 Å². The largest absolute Gasteiger partial charge is 0.465 e. The van der Waals surface area contributed by atoms with Gasteiger partial charge in [-0.25, -0.2) is 0 Å². The number of hydrogen-bond donors (Lipinski definition) is 0. The summed E-state index contributed by atoms with van der Waals surface area (Å²) in [7, 11) is 0. The van der Waals surface area contributed by atoms with Gasteiger partial charge in [-0.05, 0) is 37.9 Å². The zero-order valence-electron chi connectivity index (χ0n) is 13.3. The summed E-state index contributed by atoms with van der Waals surface area (Å²) in [6.45, 7) is 7.96. The Hall–Kier alpha value is -1.35. The molecule has 3 heteroatoms. The summed E-state index contributed by atoms with van der Waals surface area (Å²) in [6.07, 6.45) is 3.87. The van der Waals surface area contributed by atoms with E-state index in [4.69, 9.17) is 4.74 Å². The Bertz CT molecular complexity index is 436. The molecular formula is C18H27NO2. The van der Waals surface area contributed by atoms with Gasteiger partial charge < -0.3 is 9.64 Å². The predicted octanol–water partition coefficient (Wildman–Crippen LogP) is 3.38. The Balaban J connectivity index is 1.85. The van der Waals surface area contributed by atoms with Crippen LogP contribution < -0.4 is 0 Å². The van der Waals surface area contributed by atoms with Gasteiger partial charge in [-0.3, -0.25) is 4.79 Å². The molecule has 0 N–H and O–H groups in total. The van der Waals surface area contributed by atoms with Gasteiger partial charge in [0.2, 0.25) is 0 Å². The highest BCUT2D eigenvalue weighted by Crippen LogP contribution is 2.44. The van der Waals surface area contributed by atoms with Crippen molar-refractivity contribution < 1.29 is 9.53 Å². The fraction of sp³-hybridized carbons (Fsp3) is 0.611. The monoisotopic (exact) mass is 289 g/mol. The second-order valence-corrected chi connectivity index (χ2v) is 5.82. The number of benzene rings is 1. The Labute approximate surface area is 128 Å². The number of hydrogen-bond acceptors (Lipinski definition) is 3. The van der Waals surface area contributed by atoms with Crippen molar-refractivity contribution in [3.8, 4) is 0 Å². The maximum atomic E-state index is 12.5. The lowest BCUT2D eigenvalue weighted by Crippen LogP contribution is -2.43. The van der Waals surface area contributed by atoms with Crippen LogP contribution in [0.5, 0.6) is 0 Å². The topological polar surface area (TPSA) is 29.5 Å². The third-order valence-corrected chi connectivity index (χ3v) is 4.67. The molecule has 1 aromatic rings. The van der Waals surface area contributed by atoms with E-state index in [1.807, 2.05) is 18.2 Å². The molecule has 21 heavy (non-hydrogen) atoms. The number of rotatable bonds is 8. The lowest BCUT2D eigenvalue weighted by molar-refractivity contribution is -0.154. The van der Waals surface area contributed by atoms with E-state index in [-0.39, 0.29) is 11.4 Å². The minimum atomic E-state index is -0.365. The van der Waals surface area contributed by atoms with Crippen LogP contribution in [0.15, 0.2) is 30.3 Å². The van der Waals surface area contributed by atoms with Crippen LogP contribution in [0.25, 0.3) is 0 Å². The highest BCUT2D eigenvalue weighted by atomic mass is 16.5. The molecule has 0 radical (unpaired) electrons. The van der Waals surface area contributed by atoms with Gasteiger partial charge >= 0.3 is 5.97 Å². The van der Waals surface area contributed by atoms with Crippen molar-refractivity contribution in [2.24, 2.45) is 0 Å². The molecule has 3 nitrogen and oxygen atoms in total. The number of carbonyl (C=O) groups excluding carboxylic acids is 1.